The second-order valence-corrected chi connectivity index (χ2v) is 6.39. The van der Waals surface area contributed by atoms with Gasteiger partial charge in [0, 0.05) is 13.1 Å². The van der Waals surface area contributed by atoms with Crippen molar-refractivity contribution >= 4 is 10.0 Å². The van der Waals surface area contributed by atoms with Crippen LogP contribution in [0.3, 0.4) is 0 Å². The molecule has 2 N–H and O–H groups in total. The number of nitrogens with zero attached hydrogens (tertiary/aromatic N) is 2. The molecule has 7 heteroatoms. The van der Waals surface area contributed by atoms with Crippen LogP contribution in [-0.4, -0.2) is 49.7 Å². The molecule has 1 aliphatic rings. The van der Waals surface area contributed by atoms with Crippen molar-refractivity contribution in [2.45, 2.75) is 31.1 Å². The number of hydrogen-bond donors (Lipinski definition) is 2. The van der Waals surface area contributed by atoms with Crippen LogP contribution in [-0.2, 0) is 10.0 Å². The lowest BCUT2D eigenvalue weighted by Gasteiger charge is -2.26. The summed E-state index contributed by atoms with van der Waals surface area (Å²) in [7, 11) is -3.42. The second-order valence-electron chi connectivity index (χ2n) is 4.66. The Morgan fingerprint density at radius 3 is 2.72 bits per heavy atom. The summed E-state index contributed by atoms with van der Waals surface area (Å²) in [5, 5.41) is 6.37. The average Bonchev–Trinajstić information content (AvgIpc) is 2.77. The van der Waals surface area contributed by atoms with E-state index in [4.69, 9.17) is 0 Å². The quantitative estimate of drug-likeness (QED) is 0.817. The van der Waals surface area contributed by atoms with Gasteiger partial charge in [-0.3, -0.25) is 5.10 Å². The van der Waals surface area contributed by atoms with E-state index in [0.29, 0.717) is 12.2 Å². The summed E-state index contributed by atoms with van der Waals surface area (Å²) in [4.78, 5) is 2.54. The summed E-state index contributed by atoms with van der Waals surface area (Å²) in [5.74, 6) is 0. The number of likely N-dealkylation sites (tertiary alicyclic amines) is 1. The molecule has 6 nitrogen and oxygen atoms in total. The van der Waals surface area contributed by atoms with Gasteiger partial charge in [-0.05, 0) is 32.9 Å². The molecule has 0 spiro atoms. The molecule has 1 aromatic rings. The molecule has 0 bridgehead atoms. The molecule has 1 aliphatic heterocycles. The molecule has 0 radical (unpaired) electrons. The highest BCUT2D eigenvalue weighted by Crippen LogP contribution is 2.11. The SMILES string of the molecule is Cc1[nH]ncc1S(=O)(=O)NCCN1CCCCC1. The molecule has 1 aromatic heterocycles. The Bertz CT molecular complexity index is 477. The molecule has 0 unspecified atom stereocenters. The van der Waals surface area contributed by atoms with Crippen LogP contribution in [0.5, 0.6) is 0 Å². The molecule has 18 heavy (non-hydrogen) atoms. The fraction of sp³-hybridized carbons (Fsp3) is 0.727. The van der Waals surface area contributed by atoms with Crippen molar-refractivity contribution in [3.05, 3.63) is 11.9 Å². The zero-order chi connectivity index (χ0) is 13.0. The van der Waals surface area contributed by atoms with Crippen LogP contribution in [0.4, 0.5) is 0 Å². The third-order valence-electron chi connectivity index (χ3n) is 3.24. The van der Waals surface area contributed by atoms with Crippen molar-refractivity contribution in [1.82, 2.24) is 19.8 Å². The summed E-state index contributed by atoms with van der Waals surface area (Å²) < 4.78 is 26.6. The van der Waals surface area contributed by atoms with E-state index in [-0.39, 0.29) is 4.90 Å². The molecule has 0 atom stereocenters. The zero-order valence-electron chi connectivity index (χ0n) is 10.6. The number of H-pyrrole nitrogens is 1. The average molecular weight is 272 g/mol. The van der Waals surface area contributed by atoms with Gasteiger partial charge in [0.2, 0.25) is 10.0 Å². The Balaban J connectivity index is 1.84. The maximum absolute atomic E-state index is 12.0. The third-order valence-corrected chi connectivity index (χ3v) is 4.82. The van der Waals surface area contributed by atoms with Crippen LogP contribution in [0.25, 0.3) is 0 Å². The van der Waals surface area contributed by atoms with E-state index in [9.17, 15) is 8.42 Å². The van der Waals surface area contributed by atoms with Crippen LogP contribution in [0.15, 0.2) is 11.1 Å². The molecular weight excluding hydrogens is 252 g/mol. The molecule has 1 fully saturated rings. The molecule has 102 valence electrons. The predicted octanol–water partition coefficient (Wildman–Crippen LogP) is 0.482. The molecule has 1 saturated heterocycles. The number of hydrogen-bond acceptors (Lipinski definition) is 4. The number of nitrogens with one attached hydrogen (secondary N) is 2. The van der Waals surface area contributed by atoms with E-state index in [1.54, 1.807) is 6.92 Å². The van der Waals surface area contributed by atoms with Crippen molar-refractivity contribution < 1.29 is 8.42 Å². The number of aryl methyl sites for hydroxylation is 1. The third kappa shape index (κ3) is 3.30. The molecule has 2 rings (SSSR count). The smallest absolute Gasteiger partial charge is 0.243 e. The molecule has 0 aromatic carbocycles. The molecule has 0 saturated carbocycles. The first kappa shape index (κ1) is 13.5. The normalized spacial score (nSPS) is 18.1. The first-order valence-electron chi connectivity index (χ1n) is 6.31. The first-order valence-corrected chi connectivity index (χ1v) is 7.80. The van der Waals surface area contributed by atoms with E-state index < -0.39 is 10.0 Å². The lowest BCUT2D eigenvalue weighted by atomic mass is 10.1. The molecule has 0 aliphatic carbocycles. The molecule has 2 heterocycles. The van der Waals surface area contributed by atoms with Crippen LogP contribution in [0, 0.1) is 6.92 Å². The summed E-state index contributed by atoms with van der Waals surface area (Å²) in [6.45, 7) is 5.08. The first-order chi connectivity index (χ1) is 8.59. The van der Waals surface area contributed by atoms with Crippen molar-refractivity contribution in [3.63, 3.8) is 0 Å². The maximum Gasteiger partial charge on any atom is 0.243 e. The Hall–Kier alpha value is -0.920. The van der Waals surface area contributed by atoms with E-state index >= 15 is 0 Å². The monoisotopic (exact) mass is 272 g/mol. The van der Waals surface area contributed by atoms with Gasteiger partial charge in [-0.2, -0.15) is 5.10 Å². The molecular formula is C11H20N4O2S. The van der Waals surface area contributed by atoms with Gasteiger partial charge in [0.05, 0.1) is 11.9 Å². The van der Waals surface area contributed by atoms with Crippen LogP contribution >= 0.6 is 0 Å². The number of aromatic nitrogens is 2. The maximum atomic E-state index is 12.0. The number of piperidine rings is 1. The van der Waals surface area contributed by atoms with Crippen molar-refractivity contribution in [3.8, 4) is 0 Å². The minimum atomic E-state index is -3.42. The van der Waals surface area contributed by atoms with Gasteiger partial charge >= 0.3 is 0 Å². The van der Waals surface area contributed by atoms with E-state index in [1.165, 1.54) is 25.5 Å². The Kier molecular flexibility index (Phi) is 4.36. The largest absolute Gasteiger partial charge is 0.302 e. The Morgan fingerprint density at radius 1 is 1.39 bits per heavy atom. The van der Waals surface area contributed by atoms with E-state index in [2.05, 4.69) is 19.8 Å². The van der Waals surface area contributed by atoms with Gasteiger partial charge in [0.25, 0.3) is 0 Å². The van der Waals surface area contributed by atoms with Gasteiger partial charge in [0.1, 0.15) is 4.90 Å². The van der Waals surface area contributed by atoms with Crippen LogP contribution < -0.4 is 4.72 Å². The fourth-order valence-electron chi connectivity index (χ4n) is 2.21. The van der Waals surface area contributed by atoms with Crippen molar-refractivity contribution in [1.29, 1.82) is 0 Å². The summed E-state index contributed by atoms with van der Waals surface area (Å²) in [6.07, 6.45) is 5.07. The van der Waals surface area contributed by atoms with E-state index in [1.807, 2.05) is 0 Å². The lowest BCUT2D eigenvalue weighted by Crippen LogP contribution is -2.37. The minimum Gasteiger partial charge on any atom is -0.302 e. The summed E-state index contributed by atoms with van der Waals surface area (Å²) >= 11 is 0. The number of rotatable bonds is 5. The predicted molar refractivity (Wildman–Crippen MR) is 68.8 cm³/mol. The Morgan fingerprint density at radius 2 is 2.11 bits per heavy atom. The standard InChI is InChI=1S/C11H20N4O2S/c1-10-11(9-12-14-10)18(16,17)13-5-8-15-6-3-2-4-7-15/h9,13H,2-8H2,1H3,(H,12,14). The highest BCUT2D eigenvalue weighted by Gasteiger charge is 2.18. The molecule has 0 amide bonds. The number of sulfonamides is 1. The van der Waals surface area contributed by atoms with E-state index in [0.717, 1.165) is 19.6 Å². The summed E-state index contributed by atoms with van der Waals surface area (Å²) in [6, 6.07) is 0. The highest BCUT2D eigenvalue weighted by molar-refractivity contribution is 7.89. The fourth-order valence-corrected chi connectivity index (χ4v) is 3.37. The van der Waals surface area contributed by atoms with Crippen molar-refractivity contribution in [2.24, 2.45) is 0 Å². The minimum absolute atomic E-state index is 0.237. The Labute approximate surface area is 108 Å². The van der Waals surface area contributed by atoms with Gasteiger partial charge in [-0.1, -0.05) is 6.42 Å². The lowest BCUT2D eigenvalue weighted by molar-refractivity contribution is 0.233. The zero-order valence-corrected chi connectivity index (χ0v) is 11.5. The van der Waals surface area contributed by atoms with Crippen LogP contribution in [0.2, 0.25) is 0 Å². The topological polar surface area (TPSA) is 78.1 Å². The van der Waals surface area contributed by atoms with Gasteiger partial charge < -0.3 is 4.90 Å². The highest BCUT2D eigenvalue weighted by atomic mass is 32.2. The van der Waals surface area contributed by atoms with Gasteiger partial charge in [0.15, 0.2) is 0 Å². The van der Waals surface area contributed by atoms with Crippen LogP contribution in [0.1, 0.15) is 25.0 Å². The number of aromatic amines is 1. The van der Waals surface area contributed by atoms with Gasteiger partial charge in [-0.25, -0.2) is 13.1 Å². The second kappa shape index (κ2) is 5.81. The summed E-state index contributed by atoms with van der Waals surface area (Å²) in [5.41, 5.74) is 0.570. The van der Waals surface area contributed by atoms with Crippen molar-refractivity contribution in [2.75, 3.05) is 26.2 Å². The van der Waals surface area contributed by atoms with Gasteiger partial charge in [-0.15, -0.1) is 0 Å².